The third-order valence-corrected chi connectivity index (χ3v) is 4.64. The molecule has 1 aromatic rings. The van der Waals surface area contributed by atoms with Crippen LogP contribution in [0.15, 0.2) is 24.3 Å². The summed E-state index contributed by atoms with van der Waals surface area (Å²) in [7, 11) is 0. The van der Waals surface area contributed by atoms with Gasteiger partial charge in [0.25, 0.3) is 0 Å². The summed E-state index contributed by atoms with van der Waals surface area (Å²) in [6.07, 6.45) is -4.61. The van der Waals surface area contributed by atoms with Crippen molar-refractivity contribution in [3.05, 3.63) is 34.9 Å². The van der Waals surface area contributed by atoms with Crippen molar-refractivity contribution in [2.45, 2.75) is 25.7 Å². The molecular formula is C16H18ClF3N2O3. The standard InChI is InChI=1S/C16H18ClF3N2O3/c1-9(14(23)21-6-10-2-4-11(17)5-3-10)22-7-12(15(24)25)13(8-22)16(18,19)20/h2-5,9,12-13H,6-8H2,1H3,(H,21,23)(H,24,25)/t9?,12-,13-/m1/s1. The van der Waals surface area contributed by atoms with Crippen molar-refractivity contribution in [1.29, 1.82) is 0 Å². The van der Waals surface area contributed by atoms with Gasteiger partial charge in [-0.15, -0.1) is 0 Å². The number of nitrogens with one attached hydrogen (secondary N) is 1. The molecule has 1 saturated heterocycles. The Labute approximate surface area is 147 Å². The molecule has 5 nitrogen and oxygen atoms in total. The predicted molar refractivity (Wildman–Crippen MR) is 85.0 cm³/mol. The van der Waals surface area contributed by atoms with E-state index >= 15 is 0 Å². The molecule has 138 valence electrons. The van der Waals surface area contributed by atoms with Crippen molar-refractivity contribution in [1.82, 2.24) is 10.2 Å². The SMILES string of the molecule is CC(C(=O)NCc1ccc(Cl)cc1)N1C[C@@H](C(F)(F)F)[C@H](C(=O)O)C1. The lowest BCUT2D eigenvalue weighted by Gasteiger charge is -2.23. The summed E-state index contributed by atoms with van der Waals surface area (Å²) in [5.41, 5.74) is 0.794. The zero-order chi connectivity index (χ0) is 18.8. The molecule has 0 bridgehead atoms. The van der Waals surface area contributed by atoms with Crippen molar-refractivity contribution in [2.24, 2.45) is 11.8 Å². The maximum absolute atomic E-state index is 13.0. The number of hydrogen-bond donors (Lipinski definition) is 2. The molecule has 0 aromatic heterocycles. The zero-order valence-corrected chi connectivity index (χ0v) is 14.1. The Morgan fingerprint density at radius 3 is 2.40 bits per heavy atom. The first-order chi connectivity index (χ1) is 11.6. The fourth-order valence-electron chi connectivity index (χ4n) is 2.84. The van der Waals surface area contributed by atoms with Crippen LogP contribution in [-0.2, 0) is 16.1 Å². The van der Waals surface area contributed by atoms with Gasteiger partial charge in [0.2, 0.25) is 5.91 Å². The van der Waals surface area contributed by atoms with Gasteiger partial charge in [-0.25, -0.2) is 0 Å². The highest BCUT2D eigenvalue weighted by Crippen LogP contribution is 2.38. The molecule has 3 atom stereocenters. The molecule has 0 spiro atoms. The summed E-state index contributed by atoms with van der Waals surface area (Å²) in [6.45, 7) is 0.860. The van der Waals surface area contributed by atoms with Gasteiger partial charge >= 0.3 is 12.1 Å². The molecule has 1 heterocycles. The van der Waals surface area contributed by atoms with Gasteiger partial charge < -0.3 is 10.4 Å². The molecule has 1 aliphatic rings. The van der Waals surface area contributed by atoms with Gasteiger partial charge in [0.15, 0.2) is 0 Å². The molecule has 1 amide bonds. The summed E-state index contributed by atoms with van der Waals surface area (Å²) in [4.78, 5) is 24.6. The molecular weight excluding hydrogens is 361 g/mol. The van der Waals surface area contributed by atoms with E-state index in [0.29, 0.717) is 5.02 Å². The molecule has 9 heteroatoms. The number of rotatable bonds is 5. The van der Waals surface area contributed by atoms with Gasteiger partial charge in [-0.05, 0) is 24.6 Å². The Hall–Kier alpha value is -1.80. The molecule has 1 aliphatic heterocycles. The summed E-state index contributed by atoms with van der Waals surface area (Å²) in [6, 6.07) is 5.92. The Bertz CT molecular complexity index is 637. The number of alkyl halides is 3. The monoisotopic (exact) mass is 378 g/mol. The maximum atomic E-state index is 13.0. The van der Waals surface area contributed by atoms with Crippen LogP contribution in [0.1, 0.15) is 12.5 Å². The minimum Gasteiger partial charge on any atom is -0.481 e. The lowest BCUT2D eigenvalue weighted by Crippen LogP contribution is -2.44. The Kier molecular flexibility index (Phi) is 5.95. The van der Waals surface area contributed by atoms with Crippen molar-refractivity contribution >= 4 is 23.5 Å². The van der Waals surface area contributed by atoms with Crippen molar-refractivity contribution in [3.63, 3.8) is 0 Å². The van der Waals surface area contributed by atoms with Gasteiger partial charge in [0.1, 0.15) is 0 Å². The lowest BCUT2D eigenvalue weighted by molar-refractivity contribution is -0.188. The quantitative estimate of drug-likeness (QED) is 0.826. The topological polar surface area (TPSA) is 69.6 Å². The Morgan fingerprint density at radius 1 is 1.32 bits per heavy atom. The minimum absolute atomic E-state index is 0.208. The van der Waals surface area contributed by atoms with Crippen LogP contribution < -0.4 is 5.32 Å². The Morgan fingerprint density at radius 2 is 1.92 bits per heavy atom. The third kappa shape index (κ3) is 4.85. The van der Waals surface area contributed by atoms with E-state index in [-0.39, 0.29) is 13.1 Å². The molecule has 1 aromatic carbocycles. The summed E-state index contributed by atoms with van der Waals surface area (Å²) in [5.74, 6) is -5.50. The lowest BCUT2D eigenvalue weighted by atomic mass is 9.96. The molecule has 25 heavy (non-hydrogen) atoms. The second-order valence-corrected chi connectivity index (χ2v) is 6.50. The van der Waals surface area contributed by atoms with Crippen LogP contribution in [0.4, 0.5) is 13.2 Å². The largest absolute Gasteiger partial charge is 0.481 e. The number of benzene rings is 1. The van der Waals surface area contributed by atoms with Crippen LogP contribution in [-0.4, -0.2) is 47.2 Å². The van der Waals surface area contributed by atoms with Gasteiger partial charge in [0, 0.05) is 24.7 Å². The predicted octanol–water partition coefficient (Wildman–Crippen LogP) is 2.54. The molecule has 0 aliphatic carbocycles. The highest BCUT2D eigenvalue weighted by atomic mass is 35.5. The second-order valence-electron chi connectivity index (χ2n) is 6.07. The fourth-order valence-corrected chi connectivity index (χ4v) is 2.96. The maximum Gasteiger partial charge on any atom is 0.393 e. The second kappa shape index (κ2) is 7.61. The number of carbonyl (C=O) groups is 2. The van der Waals surface area contributed by atoms with E-state index in [2.05, 4.69) is 5.32 Å². The van der Waals surface area contributed by atoms with Gasteiger partial charge in [-0.3, -0.25) is 14.5 Å². The first kappa shape index (κ1) is 19.5. The number of carboxylic acids is 1. The number of amides is 1. The number of halogens is 4. The van der Waals surface area contributed by atoms with Crippen LogP contribution >= 0.6 is 11.6 Å². The van der Waals surface area contributed by atoms with E-state index < -0.39 is 42.5 Å². The number of hydrogen-bond acceptors (Lipinski definition) is 3. The van der Waals surface area contributed by atoms with Crippen LogP contribution in [0.2, 0.25) is 5.02 Å². The molecule has 1 fully saturated rings. The molecule has 0 saturated carbocycles. The first-order valence-corrected chi connectivity index (χ1v) is 8.03. The van der Waals surface area contributed by atoms with E-state index in [1.807, 2.05) is 0 Å². The highest BCUT2D eigenvalue weighted by Gasteiger charge is 2.53. The molecule has 2 N–H and O–H groups in total. The van der Waals surface area contributed by atoms with Crippen LogP contribution in [0, 0.1) is 11.8 Å². The number of carboxylic acid groups (broad SMARTS) is 1. The van der Waals surface area contributed by atoms with Crippen molar-refractivity contribution < 1.29 is 27.9 Å². The fraction of sp³-hybridized carbons (Fsp3) is 0.500. The van der Waals surface area contributed by atoms with Crippen LogP contribution in [0.3, 0.4) is 0 Å². The van der Waals surface area contributed by atoms with Gasteiger partial charge in [-0.2, -0.15) is 13.2 Å². The van der Waals surface area contributed by atoms with E-state index in [0.717, 1.165) is 5.56 Å². The van der Waals surface area contributed by atoms with E-state index in [1.54, 1.807) is 24.3 Å². The average Bonchev–Trinajstić information content (AvgIpc) is 2.99. The number of carbonyl (C=O) groups excluding carboxylic acids is 1. The van der Waals surface area contributed by atoms with E-state index in [4.69, 9.17) is 16.7 Å². The molecule has 2 rings (SSSR count). The normalized spacial score (nSPS) is 22.6. The van der Waals surface area contributed by atoms with Gasteiger partial charge in [-0.1, -0.05) is 23.7 Å². The van der Waals surface area contributed by atoms with E-state index in [1.165, 1.54) is 11.8 Å². The number of aliphatic carboxylic acids is 1. The van der Waals surface area contributed by atoms with E-state index in [9.17, 15) is 22.8 Å². The third-order valence-electron chi connectivity index (χ3n) is 4.39. The first-order valence-electron chi connectivity index (χ1n) is 7.65. The van der Waals surface area contributed by atoms with Gasteiger partial charge in [0.05, 0.1) is 17.9 Å². The van der Waals surface area contributed by atoms with Crippen molar-refractivity contribution in [2.75, 3.05) is 13.1 Å². The number of likely N-dealkylation sites (tertiary alicyclic amines) is 1. The van der Waals surface area contributed by atoms with Crippen LogP contribution in [0.5, 0.6) is 0 Å². The zero-order valence-electron chi connectivity index (χ0n) is 13.4. The molecule has 1 unspecified atom stereocenters. The highest BCUT2D eigenvalue weighted by molar-refractivity contribution is 6.30. The van der Waals surface area contributed by atoms with Crippen molar-refractivity contribution in [3.8, 4) is 0 Å². The summed E-state index contributed by atoms with van der Waals surface area (Å²) < 4.78 is 39.0. The average molecular weight is 379 g/mol. The summed E-state index contributed by atoms with van der Waals surface area (Å²) in [5, 5.41) is 12.2. The van der Waals surface area contributed by atoms with Crippen LogP contribution in [0.25, 0.3) is 0 Å². The number of nitrogens with zero attached hydrogens (tertiary/aromatic N) is 1. The summed E-state index contributed by atoms with van der Waals surface area (Å²) >= 11 is 5.77. The Balaban J connectivity index is 1.97. The molecule has 0 radical (unpaired) electrons. The minimum atomic E-state index is -4.61. The smallest absolute Gasteiger partial charge is 0.393 e.